The first-order valence-corrected chi connectivity index (χ1v) is 19.4. The lowest BCUT2D eigenvalue weighted by atomic mass is 9.70. The molecule has 8 atom stereocenters. The molecule has 0 radical (unpaired) electrons. The lowest BCUT2D eigenvalue weighted by Crippen LogP contribution is -2.61. The highest BCUT2D eigenvalue weighted by Crippen LogP contribution is 2.61. The van der Waals surface area contributed by atoms with E-state index in [1.165, 1.54) is 4.90 Å². The van der Waals surface area contributed by atoms with E-state index in [1.54, 1.807) is 17.1 Å². The average molecular weight is 793 g/mol. The molecule has 3 saturated heterocycles. The first-order valence-electron chi connectivity index (χ1n) is 18.4. The summed E-state index contributed by atoms with van der Waals surface area (Å²) in [6.07, 6.45) is 4.20. The van der Waals surface area contributed by atoms with Gasteiger partial charge in [0.05, 0.1) is 36.6 Å². The van der Waals surface area contributed by atoms with Crippen LogP contribution in [0.15, 0.2) is 86.0 Å². The molecule has 2 aromatic rings. The van der Waals surface area contributed by atoms with E-state index in [9.17, 15) is 14.7 Å². The number of alkyl halides is 1. The Balaban J connectivity index is 1.57. The lowest BCUT2D eigenvalue weighted by Gasteiger charge is -2.46. The molecule has 3 heterocycles. The van der Waals surface area contributed by atoms with Crippen LogP contribution in [0.25, 0.3) is 0 Å². The molecule has 11 heteroatoms. The molecule has 5 rings (SSSR count). The number of amides is 3. The fourth-order valence-corrected chi connectivity index (χ4v) is 9.90. The third-order valence-electron chi connectivity index (χ3n) is 10.7. The van der Waals surface area contributed by atoms with E-state index in [-0.39, 0.29) is 35.7 Å². The first kappa shape index (κ1) is 40.4. The zero-order valence-corrected chi connectivity index (χ0v) is 33.1. The summed E-state index contributed by atoms with van der Waals surface area (Å²) < 4.78 is 12.4. The molecule has 2 bridgehead atoms. The van der Waals surface area contributed by atoms with Crippen LogP contribution in [-0.4, -0.2) is 86.5 Å². The molecular weight excluding hydrogens is 738 g/mol. The van der Waals surface area contributed by atoms with Crippen molar-refractivity contribution in [3.63, 3.8) is 0 Å². The Morgan fingerprint density at radius 1 is 1.06 bits per heavy atom. The highest BCUT2D eigenvalue weighted by molar-refractivity contribution is 9.09. The number of halogens is 1. The van der Waals surface area contributed by atoms with Gasteiger partial charge in [-0.3, -0.25) is 19.2 Å². The van der Waals surface area contributed by atoms with Crippen LogP contribution in [0, 0.1) is 17.3 Å². The Kier molecular flexibility index (Phi) is 12.4. The Morgan fingerprint density at radius 3 is 2.25 bits per heavy atom. The van der Waals surface area contributed by atoms with Gasteiger partial charge in [-0.15, -0.1) is 13.2 Å². The van der Waals surface area contributed by atoms with Crippen LogP contribution in [0.4, 0.5) is 0 Å². The third-order valence-corrected chi connectivity index (χ3v) is 11.6. The highest BCUT2D eigenvalue weighted by atomic mass is 79.9. The number of nitrogens with one attached hydrogen (secondary N) is 1. The molecule has 3 aliphatic heterocycles. The molecule has 10 nitrogen and oxygen atoms in total. The number of benzene rings is 2. The lowest BCUT2D eigenvalue weighted by molar-refractivity contribution is -0.155. The smallest absolute Gasteiger partial charge is 0.306 e. The van der Waals surface area contributed by atoms with Crippen LogP contribution < -0.4 is 5.32 Å². The number of hydrogen-bond donors (Lipinski definition) is 2. The van der Waals surface area contributed by atoms with E-state index in [0.717, 1.165) is 5.56 Å². The van der Waals surface area contributed by atoms with Crippen molar-refractivity contribution in [2.75, 3.05) is 19.8 Å². The van der Waals surface area contributed by atoms with E-state index >= 15 is 9.59 Å². The number of likely N-dealkylation sites (tertiary alicyclic amines) is 1. The molecule has 53 heavy (non-hydrogen) atoms. The van der Waals surface area contributed by atoms with Crippen molar-refractivity contribution < 1.29 is 33.8 Å². The third kappa shape index (κ3) is 8.17. The van der Waals surface area contributed by atoms with E-state index in [1.807, 2.05) is 74.5 Å². The number of ether oxygens (including phenoxy) is 2. The number of allylic oxidation sites excluding steroid dienone is 1. The topological polar surface area (TPSA) is 125 Å². The van der Waals surface area contributed by atoms with Crippen molar-refractivity contribution in [1.82, 2.24) is 15.1 Å². The zero-order chi connectivity index (χ0) is 38.7. The molecule has 3 amide bonds. The van der Waals surface area contributed by atoms with Gasteiger partial charge in [-0.25, -0.2) is 0 Å². The molecule has 3 aliphatic rings. The minimum Gasteiger partial charge on any atom is -0.463 e. The van der Waals surface area contributed by atoms with Gasteiger partial charge >= 0.3 is 5.97 Å². The van der Waals surface area contributed by atoms with E-state index in [4.69, 9.17) is 9.47 Å². The van der Waals surface area contributed by atoms with E-state index in [2.05, 4.69) is 55.2 Å². The minimum atomic E-state index is -1.37. The normalized spacial score (nSPS) is 26.1. The molecule has 2 N–H and O–H groups in total. The summed E-state index contributed by atoms with van der Waals surface area (Å²) in [5.74, 6) is -3.60. The molecule has 2 aromatic carbocycles. The summed E-state index contributed by atoms with van der Waals surface area (Å²) >= 11 is 3.78. The van der Waals surface area contributed by atoms with Crippen molar-refractivity contribution in [2.45, 2.75) is 100 Å². The highest BCUT2D eigenvalue weighted by Gasteiger charge is 2.77. The van der Waals surface area contributed by atoms with Gasteiger partial charge in [-0.2, -0.15) is 0 Å². The monoisotopic (exact) mass is 791 g/mol. The van der Waals surface area contributed by atoms with Crippen molar-refractivity contribution in [3.8, 4) is 0 Å². The standard InChI is InChI=1S/C42H54BrN3O7/c1-8-10-21-32(48)52-25-30(27-17-13-11-14-18-27)44-37(49)33-34-38(50)46(31(24-47)28-19-15-12-16-20-28)36(42(34)23-29(43)35(33)53-42)39(51)45(22-9-2)41(6,7)26-40(3,4)5/h8-9,11-20,29-31,33-36,47H,1-2,10,21-26H2,3-7H3,(H,44,49)/t29?,30-,31+,33+,34-,35+,36+,42-/m0/s1. The number of fused-ring (bicyclic) bond motifs is 1. The van der Waals surface area contributed by atoms with Gasteiger partial charge in [0.15, 0.2) is 0 Å². The van der Waals surface area contributed by atoms with Crippen LogP contribution in [-0.2, 0) is 28.7 Å². The maximum atomic E-state index is 15.3. The van der Waals surface area contributed by atoms with Gasteiger partial charge in [-0.1, -0.05) is 110 Å². The number of hydrogen-bond acceptors (Lipinski definition) is 7. The fourth-order valence-electron chi connectivity index (χ4n) is 8.96. The summed E-state index contributed by atoms with van der Waals surface area (Å²) in [4.78, 5) is 60.4. The Hall–Kier alpha value is -3.80. The van der Waals surface area contributed by atoms with Gasteiger partial charge < -0.3 is 29.7 Å². The Morgan fingerprint density at radius 2 is 1.68 bits per heavy atom. The van der Waals surface area contributed by atoms with Gasteiger partial charge in [0.2, 0.25) is 17.7 Å². The fraction of sp³-hybridized carbons (Fsp3) is 0.524. The Bertz CT molecular complexity index is 1660. The number of carbonyl (C=O) groups excluding carboxylic acids is 4. The quantitative estimate of drug-likeness (QED) is 0.120. The van der Waals surface area contributed by atoms with Crippen molar-refractivity contribution in [2.24, 2.45) is 17.3 Å². The first-order chi connectivity index (χ1) is 25.1. The molecule has 1 unspecified atom stereocenters. The number of nitrogens with zero attached hydrogens (tertiary/aromatic N) is 2. The maximum Gasteiger partial charge on any atom is 0.306 e. The largest absolute Gasteiger partial charge is 0.463 e. The van der Waals surface area contributed by atoms with Crippen LogP contribution in [0.1, 0.15) is 83.5 Å². The number of carbonyl (C=O) groups is 4. The van der Waals surface area contributed by atoms with Crippen LogP contribution in [0.2, 0.25) is 0 Å². The second kappa shape index (κ2) is 16.3. The summed E-state index contributed by atoms with van der Waals surface area (Å²) in [6.45, 7) is 17.7. The van der Waals surface area contributed by atoms with Crippen LogP contribution in [0.3, 0.4) is 0 Å². The molecule has 3 fully saturated rings. The van der Waals surface area contributed by atoms with Crippen molar-refractivity contribution in [3.05, 3.63) is 97.1 Å². The second-order valence-corrected chi connectivity index (χ2v) is 17.5. The predicted octanol–water partition coefficient (Wildman–Crippen LogP) is 6.06. The van der Waals surface area contributed by atoms with E-state index < -0.39 is 71.6 Å². The van der Waals surface area contributed by atoms with Crippen molar-refractivity contribution in [1.29, 1.82) is 0 Å². The summed E-state index contributed by atoms with van der Waals surface area (Å²) in [5.41, 5.74) is -0.760. The van der Waals surface area contributed by atoms with Crippen molar-refractivity contribution >= 4 is 39.6 Å². The number of aliphatic hydroxyl groups is 1. The van der Waals surface area contributed by atoms with Gasteiger partial charge in [0.1, 0.15) is 18.2 Å². The molecule has 286 valence electrons. The van der Waals surface area contributed by atoms with Gasteiger partial charge in [0.25, 0.3) is 0 Å². The minimum absolute atomic E-state index is 0.112. The molecule has 0 saturated carbocycles. The molecule has 0 aromatic heterocycles. The summed E-state index contributed by atoms with van der Waals surface area (Å²) in [5, 5.41) is 14.0. The SMILES string of the molecule is C=CCCC(=O)OC[C@H](NC(=O)[C@H]1[C@@H]2O[C@@]3(CC2Br)[C@@H]1C(=O)N([C@H](CO)c1ccccc1)[C@@H]3C(=O)N(CC=C)C(C)(C)CC(C)(C)C)c1ccccc1. The zero-order valence-electron chi connectivity index (χ0n) is 31.5. The predicted molar refractivity (Wildman–Crippen MR) is 207 cm³/mol. The Labute approximate surface area is 322 Å². The summed E-state index contributed by atoms with van der Waals surface area (Å²) in [7, 11) is 0. The molecule has 1 spiro atoms. The van der Waals surface area contributed by atoms with Gasteiger partial charge in [-0.05, 0) is 49.7 Å². The van der Waals surface area contributed by atoms with Gasteiger partial charge in [0, 0.05) is 23.3 Å². The number of aliphatic hydroxyl groups excluding tert-OH is 1. The molecule has 0 aliphatic carbocycles. The van der Waals surface area contributed by atoms with Crippen LogP contribution in [0.5, 0.6) is 0 Å². The number of rotatable bonds is 16. The average Bonchev–Trinajstić information content (AvgIpc) is 3.71. The van der Waals surface area contributed by atoms with Crippen LogP contribution >= 0.6 is 15.9 Å². The molecular formula is C42H54BrN3O7. The summed E-state index contributed by atoms with van der Waals surface area (Å²) in [6, 6.07) is 15.6. The maximum absolute atomic E-state index is 15.3. The van der Waals surface area contributed by atoms with E-state index in [0.29, 0.717) is 24.8 Å². The number of esters is 1. The second-order valence-electron chi connectivity index (χ2n) is 16.3.